The molecule has 0 bridgehead atoms. The summed E-state index contributed by atoms with van der Waals surface area (Å²) in [4.78, 5) is 0. The maximum absolute atomic E-state index is 5.79. The van der Waals surface area contributed by atoms with Crippen LogP contribution in [0.3, 0.4) is 0 Å². The first-order valence-corrected chi connectivity index (χ1v) is 5.57. The predicted octanol–water partition coefficient (Wildman–Crippen LogP) is 4.58. The number of benzene rings is 1. The summed E-state index contributed by atoms with van der Waals surface area (Å²) >= 11 is 5.79. The minimum atomic E-state index is -0.0302. The maximum atomic E-state index is 5.79. The van der Waals surface area contributed by atoms with Crippen molar-refractivity contribution in [3.63, 3.8) is 0 Å². The predicted molar refractivity (Wildman–Crippen MR) is 65.1 cm³/mol. The van der Waals surface area contributed by atoms with Gasteiger partial charge < -0.3 is 4.74 Å². The van der Waals surface area contributed by atoms with Crippen molar-refractivity contribution in [2.75, 3.05) is 0 Å². The van der Waals surface area contributed by atoms with Gasteiger partial charge in [0.05, 0.1) is 0 Å². The largest absolute Gasteiger partial charge is 0.460 e. The monoisotopic (exact) mass is 224 g/mol. The van der Waals surface area contributed by atoms with Crippen LogP contribution in [0.25, 0.3) is 0 Å². The van der Waals surface area contributed by atoms with E-state index in [0.717, 1.165) is 17.9 Å². The van der Waals surface area contributed by atoms with Crippen molar-refractivity contribution < 1.29 is 4.74 Å². The first kappa shape index (κ1) is 12.1. The van der Waals surface area contributed by atoms with Crippen LogP contribution >= 0.6 is 11.6 Å². The summed E-state index contributed by atoms with van der Waals surface area (Å²) in [5.41, 5.74) is 1.49. The van der Waals surface area contributed by atoms with Gasteiger partial charge in [-0.15, -0.1) is 0 Å². The molecule has 1 aromatic carbocycles. The summed E-state index contributed by atoms with van der Waals surface area (Å²) in [6.45, 7) is 6.35. The van der Waals surface area contributed by atoms with Gasteiger partial charge >= 0.3 is 0 Å². The molecule has 0 heterocycles. The smallest absolute Gasteiger partial charge is 0.127 e. The summed E-state index contributed by atoms with van der Waals surface area (Å²) in [5, 5.41) is 0. The first-order chi connectivity index (χ1) is 7.10. The van der Waals surface area contributed by atoms with Gasteiger partial charge in [0.2, 0.25) is 0 Å². The van der Waals surface area contributed by atoms with Crippen molar-refractivity contribution in [2.45, 2.75) is 27.2 Å². The normalized spacial score (nSPS) is 12.7. The zero-order valence-corrected chi connectivity index (χ0v) is 10.2. The standard InChI is InChI=1S/C13H17ClO/c1-4-13(2,3)12(10-14)15-11-8-6-5-7-9-11/h5-10H,4H2,1-3H3. The number of para-hydroxylation sites is 1. The van der Waals surface area contributed by atoms with Crippen LogP contribution in [0.4, 0.5) is 0 Å². The van der Waals surface area contributed by atoms with Crippen LogP contribution in [0.2, 0.25) is 0 Å². The van der Waals surface area contributed by atoms with Crippen LogP contribution in [0.15, 0.2) is 41.6 Å². The zero-order chi connectivity index (χ0) is 11.3. The second-order valence-electron chi connectivity index (χ2n) is 4.13. The minimum Gasteiger partial charge on any atom is -0.460 e. The van der Waals surface area contributed by atoms with E-state index >= 15 is 0 Å². The molecule has 0 atom stereocenters. The highest BCUT2D eigenvalue weighted by molar-refractivity contribution is 6.25. The Kier molecular flexibility index (Phi) is 4.22. The van der Waals surface area contributed by atoms with E-state index in [-0.39, 0.29) is 5.41 Å². The van der Waals surface area contributed by atoms with Gasteiger partial charge in [-0.3, -0.25) is 0 Å². The van der Waals surface area contributed by atoms with Gasteiger partial charge in [0, 0.05) is 11.0 Å². The van der Waals surface area contributed by atoms with Crippen LogP contribution in [0.1, 0.15) is 27.2 Å². The fourth-order valence-electron chi connectivity index (χ4n) is 1.10. The lowest BCUT2D eigenvalue weighted by Gasteiger charge is -2.25. The van der Waals surface area contributed by atoms with Gasteiger partial charge in [0.25, 0.3) is 0 Å². The Bertz CT molecular complexity index is 328. The molecule has 0 amide bonds. The average molecular weight is 225 g/mol. The molecule has 0 spiro atoms. The first-order valence-electron chi connectivity index (χ1n) is 5.14. The van der Waals surface area contributed by atoms with Crippen LogP contribution in [0, 0.1) is 5.41 Å². The van der Waals surface area contributed by atoms with E-state index in [0.29, 0.717) is 0 Å². The maximum Gasteiger partial charge on any atom is 0.127 e. The summed E-state index contributed by atoms with van der Waals surface area (Å²) in [6, 6.07) is 9.69. The Morgan fingerprint density at radius 3 is 2.40 bits per heavy atom. The second kappa shape index (κ2) is 5.22. The minimum absolute atomic E-state index is 0.0302. The number of hydrogen-bond donors (Lipinski definition) is 0. The Morgan fingerprint density at radius 2 is 1.93 bits per heavy atom. The number of hydrogen-bond acceptors (Lipinski definition) is 1. The third kappa shape index (κ3) is 3.28. The van der Waals surface area contributed by atoms with Crippen molar-refractivity contribution in [3.05, 3.63) is 41.6 Å². The molecule has 0 N–H and O–H groups in total. The summed E-state index contributed by atoms with van der Waals surface area (Å²) in [5.74, 6) is 1.63. The molecule has 0 radical (unpaired) electrons. The van der Waals surface area contributed by atoms with E-state index in [1.54, 1.807) is 0 Å². The third-order valence-electron chi connectivity index (χ3n) is 2.62. The number of ether oxygens (including phenoxy) is 1. The molecule has 0 aliphatic carbocycles. The SMILES string of the molecule is CCC(C)(C)C(=CCl)Oc1ccccc1. The van der Waals surface area contributed by atoms with Gasteiger partial charge in [-0.25, -0.2) is 0 Å². The van der Waals surface area contributed by atoms with Crippen LogP contribution in [-0.2, 0) is 0 Å². The highest BCUT2D eigenvalue weighted by Crippen LogP contribution is 2.32. The molecule has 0 aliphatic heterocycles. The van der Waals surface area contributed by atoms with E-state index < -0.39 is 0 Å². The van der Waals surface area contributed by atoms with Crippen molar-refractivity contribution in [1.29, 1.82) is 0 Å². The van der Waals surface area contributed by atoms with Crippen molar-refractivity contribution in [3.8, 4) is 5.75 Å². The quantitative estimate of drug-likeness (QED) is 0.681. The molecule has 1 rings (SSSR count). The summed E-state index contributed by atoms with van der Waals surface area (Å²) < 4.78 is 5.75. The molecular formula is C13H17ClO. The van der Waals surface area contributed by atoms with E-state index in [2.05, 4.69) is 20.8 Å². The lowest BCUT2D eigenvalue weighted by atomic mass is 9.88. The van der Waals surface area contributed by atoms with Gasteiger partial charge in [-0.2, -0.15) is 0 Å². The summed E-state index contributed by atoms with van der Waals surface area (Å²) in [6.07, 6.45) is 0.985. The topological polar surface area (TPSA) is 9.23 Å². The molecule has 82 valence electrons. The van der Waals surface area contributed by atoms with Gasteiger partial charge in [0.1, 0.15) is 11.5 Å². The zero-order valence-electron chi connectivity index (χ0n) is 9.46. The second-order valence-corrected chi connectivity index (χ2v) is 4.34. The molecule has 0 unspecified atom stereocenters. The van der Waals surface area contributed by atoms with Crippen molar-refractivity contribution >= 4 is 11.6 Å². The fourth-order valence-corrected chi connectivity index (χ4v) is 1.44. The highest BCUT2D eigenvalue weighted by atomic mass is 35.5. The van der Waals surface area contributed by atoms with Crippen molar-refractivity contribution in [2.24, 2.45) is 5.41 Å². The van der Waals surface area contributed by atoms with Gasteiger partial charge in [-0.05, 0) is 18.6 Å². The average Bonchev–Trinajstić information content (AvgIpc) is 2.27. The van der Waals surface area contributed by atoms with E-state index in [1.807, 2.05) is 30.3 Å². The van der Waals surface area contributed by atoms with Crippen molar-refractivity contribution in [1.82, 2.24) is 0 Å². The molecule has 1 nitrogen and oxygen atoms in total. The Balaban J connectivity index is 2.81. The number of rotatable bonds is 4. The molecule has 0 aromatic heterocycles. The van der Waals surface area contributed by atoms with E-state index in [9.17, 15) is 0 Å². The Hall–Kier alpha value is -0.950. The van der Waals surface area contributed by atoms with E-state index in [1.165, 1.54) is 5.54 Å². The molecule has 0 aliphatic rings. The highest BCUT2D eigenvalue weighted by Gasteiger charge is 2.23. The molecule has 15 heavy (non-hydrogen) atoms. The Labute approximate surface area is 96.7 Å². The molecule has 1 aromatic rings. The van der Waals surface area contributed by atoms with Crippen LogP contribution in [0.5, 0.6) is 5.75 Å². The van der Waals surface area contributed by atoms with Gasteiger partial charge in [-0.1, -0.05) is 50.6 Å². The van der Waals surface area contributed by atoms with Gasteiger partial charge in [0.15, 0.2) is 0 Å². The van der Waals surface area contributed by atoms with E-state index in [4.69, 9.17) is 16.3 Å². The Morgan fingerprint density at radius 1 is 1.33 bits per heavy atom. The lowest BCUT2D eigenvalue weighted by molar-refractivity contribution is 0.267. The lowest BCUT2D eigenvalue weighted by Crippen LogP contribution is -2.17. The number of halogens is 1. The molecule has 0 saturated heterocycles. The third-order valence-corrected chi connectivity index (χ3v) is 2.82. The molecule has 0 saturated carbocycles. The van der Waals surface area contributed by atoms with Crippen LogP contribution in [-0.4, -0.2) is 0 Å². The molecular weight excluding hydrogens is 208 g/mol. The summed E-state index contributed by atoms with van der Waals surface area (Å²) in [7, 11) is 0. The molecule has 0 fully saturated rings. The van der Waals surface area contributed by atoms with Crippen LogP contribution < -0.4 is 4.74 Å². The molecule has 2 heteroatoms. The number of allylic oxidation sites excluding steroid dienone is 1. The fraction of sp³-hybridized carbons (Fsp3) is 0.385.